The van der Waals surface area contributed by atoms with E-state index in [1.165, 1.54) is 4.90 Å². The molecule has 1 rings (SSSR count). The van der Waals surface area contributed by atoms with Crippen LogP contribution in [0.15, 0.2) is 11.1 Å². The van der Waals surface area contributed by atoms with Gasteiger partial charge in [0.15, 0.2) is 0 Å². The van der Waals surface area contributed by atoms with Gasteiger partial charge in [0.2, 0.25) is 5.91 Å². The van der Waals surface area contributed by atoms with Crippen LogP contribution in [0.3, 0.4) is 0 Å². The van der Waals surface area contributed by atoms with Crippen LogP contribution in [-0.4, -0.2) is 48.1 Å². The van der Waals surface area contributed by atoms with Gasteiger partial charge in [0, 0.05) is 25.2 Å². The molecule has 1 fully saturated rings. The largest absolute Gasteiger partial charge is 0.480 e. The van der Waals surface area contributed by atoms with E-state index in [2.05, 4.69) is 5.32 Å². The van der Waals surface area contributed by atoms with Crippen molar-refractivity contribution in [3.05, 3.63) is 11.1 Å². The van der Waals surface area contributed by atoms with Crippen molar-refractivity contribution in [1.82, 2.24) is 10.2 Å². The SMILES string of the molecule is CCN(CC(=O)O)C(=O)C(C)=C1CNC1. The number of hydrogen-bond acceptors (Lipinski definition) is 3. The number of carboxylic acid groups (broad SMARTS) is 1. The fraction of sp³-hybridized carbons (Fsp3) is 0.600. The van der Waals surface area contributed by atoms with Gasteiger partial charge in [-0.1, -0.05) is 0 Å². The summed E-state index contributed by atoms with van der Waals surface area (Å²) in [5.41, 5.74) is 1.75. The van der Waals surface area contributed by atoms with Crippen LogP contribution in [0.5, 0.6) is 0 Å². The molecule has 84 valence electrons. The van der Waals surface area contributed by atoms with Gasteiger partial charge >= 0.3 is 5.97 Å². The first-order valence-corrected chi connectivity index (χ1v) is 4.96. The molecule has 5 heteroatoms. The zero-order chi connectivity index (χ0) is 11.4. The second-order valence-corrected chi connectivity index (χ2v) is 3.55. The standard InChI is InChI=1S/C10H16N2O3/c1-3-12(6-9(13)14)10(15)7(2)8-4-11-5-8/h11H,3-6H2,1-2H3,(H,13,14). The van der Waals surface area contributed by atoms with Gasteiger partial charge in [-0.25, -0.2) is 0 Å². The van der Waals surface area contributed by atoms with Gasteiger partial charge in [-0.05, 0) is 19.4 Å². The van der Waals surface area contributed by atoms with Crippen molar-refractivity contribution in [1.29, 1.82) is 0 Å². The van der Waals surface area contributed by atoms with Crippen molar-refractivity contribution in [3.63, 3.8) is 0 Å². The average Bonchev–Trinajstić information content (AvgIpc) is 2.09. The van der Waals surface area contributed by atoms with E-state index < -0.39 is 5.97 Å². The molecule has 0 bridgehead atoms. The van der Waals surface area contributed by atoms with Gasteiger partial charge in [0.05, 0.1) is 0 Å². The number of aliphatic carboxylic acids is 1. The molecule has 0 aromatic heterocycles. The Labute approximate surface area is 88.8 Å². The maximum Gasteiger partial charge on any atom is 0.323 e. The van der Waals surface area contributed by atoms with Gasteiger partial charge in [0.25, 0.3) is 0 Å². The number of likely N-dealkylation sites (N-methyl/N-ethyl adjacent to an activating group) is 1. The number of carbonyl (C=O) groups is 2. The van der Waals surface area contributed by atoms with Crippen molar-refractivity contribution < 1.29 is 14.7 Å². The lowest BCUT2D eigenvalue weighted by atomic mass is 10.0. The highest BCUT2D eigenvalue weighted by Gasteiger charge is 2.21. The third-order valence-corrected chi connectivity index (χ3v) is 2.52. The van der Waals surface area contributed by atoms with E-state index in [1.54, 1.807) is 13.8 Å². The summed E-state index contributed by atoms with van der Waals surface area (Å²) >= 11 is 0. The van der Waals surface area contributed by atoms with Crippen LogP contribution in [0.25, 0.3) is 0 Å². The van der Waals surface area contributed by atoms with Crippen molar-refractivity contribution in [2.45, 2.75) is 13.8 Å². The molecule has 0 unspecified atom stereocenters. The fourth-order valence-electron chi connectivity index (χ4n) is 1.39. The first-order valence-electron chi connectivity index (χ1n) is 4.96. The van der Waals surface area contributed by atoms with Gasteiger partial charge in [-0.3, -0.25) is 9.59 Å². The molecule has 0 saturated carbocycles. The Hall–Kier alpha value is -1.36. The molecule has 1 aliphatic heterocycles. The maximum absolute atomic E-state index is 11.8. The molecule has 0 aromatic rings. The molecule has 1 aliphatic rings. The minimum absolute atomic E-state index is 0.170. The minimum atomic E-state index is -0.977. The van der Waals surface area contributed by atoms with Crippen LogP contribution >= 0.6 is 0 Å². The molecule has 0 aromatic carbocycles. The minimum Gasteiger partial charge on any atom is -0.480 e. The summed E-state index contributed by atoms with van der Waals surface area (Å²) in [6.45, 7) is 5.20. The molecule has 1 amide bonds. The Bertz CT molecular complexity index is 304. The predicted molar refractivity (Wildman–Crippen MR) is 55.5 cm³/mol. The molecule has 0 atom stereocenters. The second-order valence-electron chi connectivity index (χ2n) is 3.55. The molecule has 1 heterocycles. The third kappa shape index (κ3) is 2.79. The summed E-state index contributed by atoms with van der Waals surface area (Å²) < 4.78 is 0. The van der Waals surface area contributed by atoms with Gasteiger partial charge in [-0.15, -0.1) is 0 Å². The number of carbonyl (C=O) groups excluding carboxylic acids is 1. The van der Waals surface area contributed by atoms with E-state index in [0.29, 0.717) is 12.1 Å². The van der Waals surface area contributed by atoms with Gasteiger partial charge in [-0.2, -0.15) is 0 Å². The van der Waals surface area contributed by atoms with E-state index in [0.717, 1.165) is 18.7 Å². The Morgan fingerprint density at radius 3 is 2.40 bits per heavy atom. The highest BCUT2D eigenvalue weighted by Crippen LogP contribution is 2.11. The van der Waals surface area contributed by atoms with Crippen molar-refractivity contribution in [3.8, 4) is 0 Å². The first-order chi connectivity index (χ1) is 7.06. The Morgan fingerprint density at radius 2 is 2.07 bits per heavy atom. The summed E-state index contributed by atoms with van der Waals surface area (Å²) in [4.78, 5) is 23.7. The highest BCUT2D eigenvalue weighted by atomic mass is 16.4. The maximum atomic E-state index is 11.8. The lowest BCUT2D eigenvalue weighted by Gasteiger charge is -2.25. The van der Waals surface area contributed by atoms with Crippen LogP contribution in [0.1, 0.15) is 13.8 Å². The molecule has 2 N–H and O–H groups in total. The van der Waals surface area contributed by atoms with Gasteiger partial charge < -0.3 is 15.3 Å². The zero-order valence-corrected chi connectivity index (χ0v) is 9.04. The monoisotopic (exact) mass is 212 g/mol. The van der Waals surface area contributed by atoms with Crippen LogP contribution in [0.4, 0.5) is 0 Å². The summed E-state index contributed by atoms with van der Waals surface area (Å²) in [5, 5.41) is 11.7. The number of hydrogen-bond donors (Lipinski definition) is 2. The second kappa shape index (κ2) is 4.93. The molecular weight excluding hydrogens is 196 g/mol. The molecule has 15 heavy (non-hydrogen) atoms. The Balaban J connectivity index is 2.68. The smallest absolute Gasteiger partial charge is 0.323 e. The molecule has 0 radical (unpaired) electrons. The zero-order valence-electron chi connectivity index (χ0n) is 9.04. The number of amides is 1. The van der Waals surface area contributed by atoms with Gasteiger partial charge in [0.1, 0.15) is 6.54 Å². The fourth-order valence-corrected chi connectivity index (χ4v) is 1.39. The Morgan fingerprint density at radius 1 is 1.47 bits per heavy atom. The summed E-state index contributed by atoms with van der Waals surface area (Å²) in [5.74, 6) is -1.15. The van der Waals surface area contributed by atoms with Crippen molar-refractivity contribution >= 4 is 11.9 Å². The van der Waals surface area contributed by atoms with Crippen LogP contribution in [-0.2, 0) is 9.59 Å². The first kappa shape index (κ1) is 11.7. The lowest BCUT2D eigenvalue weighted by molar-refractivity contribution is -0.142. The van der Waals surface area contributed by atoms with E-state index in [-0.39, 0.29) is 12.5 Å². The van der Waals surface area contributed by atoms with Crippen LogP contribution in [0, 0.1) is 0 Å². The predicted octanol–water partition coefficient (Wildman–Crippen LogP) is -0.161. The number of nitrogens with one attached hydrogen (secondary N) is 1. The number of nitrogens with zero attached hydrogens (tertiary/aromatic N) is 1. The van der Waals surface area contributed by atoms with E-state index in [1.807, 2.05) is 0 Å². The third-order valence-electron chi connectivity index (χ3n) is 2.52. The topological polar surface area (TPSA) is 69.6 Å². The van der Waals surface area contributed by atoms with E-state index >= 15 is 0 Å². The summed E-state index contributed by atoms with van der Waals surface area (Å²) in [6, 6.07) is 0. The number of rotatable bonds is 4. The van der Waals surface area contributed by atoms with E-state index in [9.17, 15) is 9.59 Å². The van der Waals surface area contributed by atoms with Crippen LogP contribution in [0.2, 0.25) is 0 Å². The molecule has 5 nitrogen and oxygen atoms in total. The van der Waals surface area contributed by atoms with E-state index in [4.69, 9.17) is 5.11 Å². The molecule has 0 spiro atoms. The highest BCUT2D eigenvalue weighted by molar-refractivity contribution is 5.95. The van der Waals surface area contributed by atoms with Crippen molar-refractivity contribution in [2.24, 2.45) is 0 Å². The molecule has 0 aliphatic carbocycles. The van der Waals surface area contributed by atoms with Crippen LogP contribution < -0.4 is 5.32 Å². The number of carboxylic acids is 1. The van der Waals surface area contributed by atoms with Crippen molar-refractivity contribution in [2.75, 3.05) is 26.2 Å². The Kier molecular flexibility index (Phi) is 3.85. The summed E-state index contributed by atoms with van der Waals surface area (Å²) in [6.07, 6.45) is 0. The lowest BCUT2D eigenvalue weighted by Crippen LogP contribution is -2.40. The normalized spacial score (nSPS) is 14.4. The molecule has 1 saturated heterocycles. The average molecular weight is 212 g/mol. The quantitative estimate of drug-likeness (QED) is 0.635. The molecular formula is C10H16N2O3. The summed E-state index contributed by atoms with van der Waals surface area (Å²) in [7, 11) is 0.